The zero-order chi connectivity index (χ0) is 33.6. The molecular formula is C26H42Cl2N16O2. The molecule has 2 amide bonds. The van der Waals surface area contributed by atoms with Crippen molar-refractivity contribution in [2.75, 3.05) is 75.3 Å². The number of carbonyl (C=O) groups is 2. The quantitative estimate of drug-likeness (QED) is 0.0761. The summed E-state index contributed by atoms with van der Waals surface area (Å²) in [6.07, 6.45) is 5.76. The summed E-state index contributed by atoms with van der Waals surface area (Å²) in [7, 11) is 0. The van der Waals surface area contributed by atoms with E-state index in [1.807, 2.05) is 0 Å². The summed E-state index contributed by atoms with van der Waals surface area (Å²) in [6, 6.07) is 0. The highest BCUT2D eigenvalue weighted by atomic mass is 35.5. The number of nitrogens with two attached hydrogens (primary N) is 4. The summed E-state index contributed by atoms with van der Waals surface area (Å²) < 4.78 is 0. The molecule has 0 radical (unpaired) electrons. The number of anilines is 4. The molecule has 2 aromatic heterocycles. The van der Waals surface area contributed by atoms with E-state index in [1.54, 1.807) is 0 Å². The monoisotopic (exact) mass is 680 g/mol. The minimum Gasteiger partial charge on any atom is -0.382 e. The molecule has 18 nitrogen and oxygen atoms in total. The number of nitrogen functional groups attached to an aromatic ring is 4. The standard InChI is InChI=1S/C26H42Cl2N16O2/c27-17-21(31)39-19(29)15(37-17)23(45)41-25(33)35-7-2-1-4-9-43-11-6-12-44(14-13-43)10-5-3-8-36-26(34)42-24(46)16-20(30)40-22(32)18(28)38-16/h1-14H2,(H4,29,31,39)(H4,30,32,40)(H3,33,35,41,45)(H3,34,36,42,46). The molecule has 0 spiro atoms. The fraction of sp³-hybridized carbons (Fsp3) is 0.538. The predicted octanol–water partition coefficient (Wildman–Crippen LogP) is 0.0689. The summed E-state index contributed by atoms with van der Waals surface area (Å²) in [4.78, 5) is 44.7. The van der Waals surface area contributed by atoms with Crippen LogP contribution < -0.4 is 44.2 Å². The van der Waals surface area contributed by atoms with E-state index in [-0.39, 0.29) is 56.9 Å². The molecule has 0 bridgehead atoms. The Kier molecular flexibility index (Phi) is 14.2. The first-order valence-electron chi connectivity index (χ1n) is 14.8. The Morgan fingerprint density at radius 3 is 1.50 bits per heavy atom. The summed E-state index contributed by atoms with van der Waals surface area (Å²) in [5, 5.41) is 26.1. The molecule has 0 saturated carbocycles. The van der Waals surface area contributed by atoms with Gasteiger partial charge in [0.2, 0.25) is 0 Å². The topological polar surface area (TPSA) is 292 Å². The van der Waals surface area contributed by atoms with Gasteiger partial charge in [-0.15, -0.1) is 0 Å². The molecule has 3 rings (SSSR count). The molecule has 1 saturated heterocycles. The summed E-state index contributed by atoms with van der Waals surface area (Å²) in [5.74, 6) is -2.17. The van der Waals surface area contributed by atoms with Gasteiger partial charge in [0.05, 0.1) is 0 Å². The first-order valence-corrected chi connectivity index (χ1v) is 15.6. The lowest BCUT2D eigenvalue weighted by Crippen LogP contribution is -2.41. The minimum absolute atomic E-state index is 0.0713. The number of hydrogen-bond acceptors (Lipinski definition) is 14. The second kappa shape index (κ2) is 18.0. The Labute approximate surface area is 276 Å². The molecule has 20 heteroatoms. The first-order chi connectivity index (χ1) is 21.9. The lowest BCUT2D eigenvalue weighted by atomic mass is 10.2. The fourth-order valence-electron chi connectivity index (χ4n) is 4.65. The second-order valence-electron chi connectivity index (χ2n) is 10.6. The normalized spacial score (nSPS) is 13.9. The van der Waals surface area contributed by atoms with Crippen molar-refractivity contribution in [1.82, 2.24) is 51.0 Å². The SMILES string of the molecule is N=C(NCCCCCN1CCCN(CCCCNC(=N)NC(=O)c2nc(Cl)c(N)nc2N)CC1)NC(=O)c1nc(Cl)c(N)nc1N. The Morgan fingerprint density at radius 1 is 0.630 bits per heavy atom. The molecule has 0 aromatic carbocycles. The van der Waals surface area contributed by atoms with E-state index in [9.17, 15) is 9.59 Å². The number of nitrogens with one attached hydrogen (secondary N) is 6. The average molecular weight is 682 g/mol. The third-order valence-corrected chi connectivity index (χ3v) is 7.61. The molecule has 252 valence electrons. The second-order valence-corrected chi connectivity index (χ2v) is 11.3. The predicted molar refractivity (Wildman–Crippen MR) is 179 cm³/mol. The van der Waals surface area contributed by atoms with Crippen LogP contribution in [-0.4, -0.2) is 106 Å². The molecular weight excluding hydrogens is 639 g/mol. The van der Waals surface area contributed by atoms with Gasteiger partial charge in [0.1, 0.15) is 0 Å². The van der Waals surface area contributed by atoms with Gasteiger partial charge in [-0.25, -0.2) is 19.9 Å². The van der Waals surface area contributed by atoms with E-state index in [2.05, 4.69) is 51.0 Å². The zero-order valence-electron chi connectivity index (χ0n) is 25.5. The van der Waals surface area contributed by atoms with Crippen LogP contribution in [-0.2, 0) is 0 Å². The van der Waals surface area contributed by atoms with E-state index < -0.39 is 11.8 Å². The molecule has 0 atom stereocenters. The minimum atomic E-state index is -0.694. The van der Waals surface area contributed by atoms with Crippen molar-refractivity contribution in [2.45, 2.75) is 38.5 Å². The lowest BCUT2D eigenvalue weighted by Gasteiger charge is -2.22. The molecule has 0 aliphatic carbocycles. The fourth-order valence-corrected chi connectivity index (χ4v) is 4.90. The van der Waals surface area contributed by atoms with Crippen LogP contribution in [0.5, 0.6) is 0 Å². The van der Waals surface area contributed by atoms with Gasteiger partial charge in [-0.1, -0.05) is 29.6 Å². The maximum absolute atomic E-state index is 12.3. The molecule has 1 aliphatic heterocycles. The van der Waals surface area contributed by atoms with Crippen LogP contribution >= 0.6 is 23.2 Å². The Hall–Kier alpha value is -4.26. The van der Waals surface area contributed by atoms with Crippen molar-refractivity contribution in [3.63, 3.8) is 0 Å². The number of hydrogen-bond donors (Lipinski definition) is 10. The highest BCUT2D eigenvalue weighted by molar-refractivity contribution is 6.32. The Bertz CT molecular complexity index is 1390. The maximum atomic E-state index is 12.3. The van der Waals surface area contributed by atoms with E-state index in [0.29, 0.717) is 13.1 Å². The molecule has 1 fully saturated rings. The van der Waals surface area contributed by atoms with Crippen molar-refractivity contribution >= 4 is 70.2 Å². The Balaban J connectivity index is 1.21. The number of unbranched alkanes of at least 4 members (excludes halogenated alkanes) is 3. The van der Waals surface area contributed by atoms with Crippen LogP contribution in [0.3, 0.4) is 0 Å². The van der Waals surface area contributed by atoms with Gasteiger partial charge in [0.25, 0.3) is 11.8 Å². The van der Waals surface area contributed by atoms with Crippen molar-refractivity contribution in [2.24, 2.45) is 0 Å². The van der Waals surface area contributed by atoms with Gasteiger partial charge >= 0.3 is 0 Å². The molecule has 2 aromatic rings. The maximum Gasteiger partial charge on any atom is 0.280 e. The van der Waals surface area contributed by atoms with Crippen LogP contribution in [0.1, 0.15) is 59.5 Å². The zero-order valence-corrected chi connectivity index (χ0v) is 27.0. The highest BCUT2D eigenvalue weighted by Gasteiger charge is 2.19. The third-order valence-electron chi connectivity index (χ3n) is 7.05. The number of amides is 2. The molecule has 0 unspecified atom stereocenters. The van der Waals surface area contributed by atoms with Crippen LogP contribution in [0.2, 0.25) is 10.3 Å². The first kappa shape index (κ1) is 36.2. The summed E-state index contributed by atoms with van der Waals surface area (Å²) in [5.41, 5.74) is 22.0. The van der Waals surface area contributed by atoms with Gasteiger partial charge in [-0.3, -0.25) is 31.0 Å². The van der Waals surface area contributed by atoms with Gasteiger partial charge in [0, 0.05) is 26.2 Å². The van der Waals surface area contributed by atoms with Crippen molar-refractivity contribution in [1.29, 1.82) is 10.8 Å². The number of aromatic nitrogens is 4. The van der Waals surface area contributed by atoms with E-state index in [0.717, 1.165) is 77.8 Å². The van der Waals surface area contributed by atoms with Crippen LogP contribution in [0.25, 0.3) is 0 Å². The summed E-state index contributed by atoms with van der Waals surface area (Å²) >= 11 is 11.6. The smallest absolute Gasteiger partial charge is 0.280 e. The van der Waals surface area contributed by atoms with Crippen LogP contribution in [0.15, 0.2) is 0 Å². The van der Waals surface area contributed by atoms with E-state index in [4.69, 9.17) is 57.0 Å². The van der Waals surface area contributed by atoms with Crippen molar-refractivity contribution in [3.8, 4) is 0 Å². The average Bonchev–Trinajstić information content (AvgIpc) is 3.23. The number of rotatable bonds is 13. The lowest BCUT2D eigenvalue weighted by molar-refractivity contribution is 0.0963. The van der Waals surface area contributed by atoms with Crippen LogP contribution in [0.4, 0.5) is 23.3 Å². The van der Waals surface area contributed by atoms with Gasteiger partial charge in [-0.2, -0.15) is 0 Å². The van der Waals surface area contributed by atoms with Gasteiger partial charge < -0.3 is 43.4 Å². The number of halogens is 2. The summed E-state index contributed by atoms with van der Waals surface area (Å²) in [6.45, 7) is 7.14. The largest absolute Gasteiger partial charge is 0.382 e. The highest BCUT2D eigenvalue weighted by Crippen LogP contribution is 2.18. The molecule has 1 aliphatic rings. The number of guanidine groups is 2. The van der Waals surface area contributed by atoms with Gasteiger partial charge in [-0.05, 0) is 58.3 Å². The third kappa shape index (κ3) is 11.6. The van der Waals surface area contributed by atoms with Crippen molar-refractivity contribution < 1.29 is 9.59 Å². The molecule has 3 heterocycles. The van der Waals surface area contributed by atoms with Gasteiger partial charge in [0.15, 0.2) is 56.9 Å². The molecule has 46 heavy (non-hydrogen) atoms. The number of nitrogens with zero attached hydrogens (tertiary/aromatic N) is 6. The van der Waals surface area contributed by atoms with Crippen molar-refractivity contribution in [3.05, 3.63) is 21.7 Å². The number of carbonyl (C=O) groups excluding carboxylic acids is 2. The van der Waals surface area contributed by atoms with E-state index in [1.165, 1.54) is 0 Å². The molecule has 14 N–H and O–H groups in total. The van der Waals surface area contributed by atoms with E-state index >= 15 is 0 Å². The van der Waals surface area contributed by atoms with Crippen LogP contribution in [0, 0.1) is 10.8 Å². The Morgan fingerprint density at radius 2 is 1.04 bits per heavy atom.